The van der Waals surface area contributed by atoms with Crippen molar-refractivity contribution in [1.29, 1.82) is 0 Å². The van der Waals surface area contributed by atoms with Crippen LogP contribution in [-0.2, 0) is 0 Å². The number of benzene rings is 1. The zero-order chi connectivity index (χ0) is 13.5. The van der Waals surface area contributed by atoms with Crippen molar-refractivity contribution in [2.75, 3.05) is 7.11 Å². The first kappa shape index (κ1) is 14.5. The van der Waals surface area contributed by atoms with E-state index in [1.165, 1.54) is 13.2 Å². The number of ether oxygens (including phenoxy) is 1. The fourth-order valence-corrected chi connectivity index (χ4v) is 1.87. The standard InChI is InChI=1S/C15H20FNO/c1-5-7-13(6-2)17-11(3)12-8-9-15(18-4)14(16)10-12/h1,8-11,13,17H,6-7H2,2-4H3. The Balaban J connectivity index is 2.75. The summed E-state index contributed by atoms with van der Waals surface area (Å²) in [5, 5.41) is 3.40. The second kappa shape index (κ2) is 7.03. The van der Waals surface area contributed by atoms with Crippen molar-refractivity contribution in [3.63, 3.8) is 0 Å². The minimum atomic E-state index is -0.339. The van der Waals surface area contributed by atoms with E-state index in [-0.39, 0.29) is 23.7 Å². The zero-order valence-electron chi connectivity index (χ0n) is 11.2. The van der Waals surface area contributed by atoms with E-state index in [1.54, 1.807) is 6.07 Å². The molecule has 0 bridgehead atoms. The Bertz CT molecular complexity index is 425. The van der Waals surface area contributed by atoms with Gasteiger partial charge in [-0.25, -0.2) is 4.39 Å². The van der Waals surface area contributed by atoms with E-state index in [4.69, 9.17) is 11.2 Å². The van der Waals surface area contributed by atoms with E-state index >= 15 is 0 Å². The molecule has 0 amide bonds. The largest absolute Gasteiger partial charge is 0.494 e. The summed E-state index contributed by atoms with van der Waals surface area (Å²) < 4.78 is 18.5. The Morgan fingerprint density at radius 1 is 1.50 bits per heavy atom. The summed E-state index contributed by atoms with van der Waals surface area (Å²) in [6.07, 6.45) is 6.95. The lowest BCUT2D eigenvalue weighted by Gasteiger charge is -2.21. The lowest BCUT2D eigenvalue weighted by atomic mass is 10.0. The Hall–Kier alpha value is -1.53. The van der Waals surface area contributed by atoms with Crippen LogP contribution in [0.3, 0.4) is 0 Å². The molecule has 0 aliphatic heterocycles. The second-order valence-electron chi connectivity index (χ2n) is 4.30. The van der Waals surface area contributed by atoms with Crippen molar-refractivity contribution in [2.45, 2.75) is 38.8 Å². The molecule has 0 radical (unpaired) electrons. The van der Waals surface area contributed by atoms with E-state index in [1.807, 2.05) is 13.0 Å². The molecule has 1 rings (SSSR count). The van der Waals surface area contributed by atoms with Crippen LogP contribution in [-0.4, -0.2) is 13.2 Å². The van der Waals surface area contributed by atoms with Crippen molar-refractivity contribution in [3.8, 4) is 18.1 Å². The molecule has 0 fully saturated rings. The van der Waals surface area contributed by atoms with Gasteiger partial charge >= 0.3 is 0 Å². The SMILES string of the molecule is C#CCC(CC)NC(C)c1ccc(OC)c(F)c1. The molecular weight excluding hydrogens is 229 g/mol. The molecule has 2 unspecified atom stereocenters. The van der Waals surface area contributed by atoms with Crippen molar-refractivity contribution in [1.82, 2.24) is 5.32 Å². The summed E-state index contributed by atoms with van der Waals surface area (Å²) in [5.74, 6) is 2.57. The molecule has 1 N–H and O–H groups in total. The molecule has 98 valence electrons. The molecule has 0 aliphatic rings. The van der Waals surface area contributed by atoms with Crippen LogP contribution in [0.1, 0.15) is 38.3 Å². The number of hydrogen-bond donors (Lipinski definition) is 1. The fourth-order valence-electron chi connectivity index (χ4n) is 1.87. The van der Waals surface area contributed by atoms with Crippen LogP contribution in [0.15, 0.2) is 18.2 Å². The van der Waals surface area contributed by atoms with Crippen LogP contribution < -0.4 is 10.1 Å². The maximum Gasteiger partial charge on any atom is 0.165 e. The molecule has 18 heavy (non-hydrogen) atoms. The maximum atomic E-state index is 13.6. The van der Waals surface area contributed by atoms with Gasteiger partial charge in [-0.05, 0) is 31.0 Å². The van der Waals surface area contributed by atoms with Crippen LogP contribution in [0, 0.1) is 18.2 Å². The third-order valence-corrected chi connectivity index (χ3v) is 3.02. The molecule has 2 atom stereocenters. The molecule has 0 saturated carbocycles. The molecule has 2 nitrogen and oxygen atoms in total. The average Bonchev–Trinajstić information content (AvgIpc) is 2.37. The predicted octanol–water partition coefficient (Wildman–Crippen LogP) is 3.29. The second-order valence-corrected chi connectivity index (χ2v) is 4.30. The molecule has 1 aromatic carbocycles. The van der Waals surface area contributed by atoms with Gasteiger partial charge in [0.15, 0.2) is 11.6 Å². The molecule has 0 aliphatic carbocycles. The van der Waals surface area contributed by atoms with Crippen molar-refractivity contribution in [2.24, 2.45) is 0 Å². The summed E-state index contributed by atoms with van der Waals surface area (Å²) in [4.78, 5) is 0. The highest BCUT2D eigenvalue weighted by Crippen LogP contribution is 2.22. The molecule has 0 spiro atoms. The van der Waals surface area contributed by atoms with Gasteiger partial charge in [-0.3, -0.25) is 0 Å². The van der Waals surface area contributed by atoms with Crippen molar-refractivity contribution < 1.29 is 9.13 Å². The van der Waals surface area contributed by atoms with Crippen LogP contribution in [0.5, 0.6) is 5.75 Å². The number of nitrogens with one attached hydrogen (secondary N) is 1. The number of hydrogen-bond acceptors (Lipinski definition) is 2. The predicted molar refractivity (Wildman–Crippen MR) is 72.0 cm³/mol. The number of halogens is 1. The molecule has 0 saturated heterocycles. The van der Waals surface area contributed by atoms with Gasteiger partial charge in [-0.2, -0.15) is 0 Å². The first-order valence-corrected chi connectivity index (χ1v) is 6.15. The monoisotopic (exact) mass is 249 g/mol. The first-order chi connectivity index (χ1) is 8.62. The van der Waals surface area contributed by atoms with Crippen LogP contribution in [0.25, 0.3) is 0 Å². The minimum absolute atomic E-state index is 0.0590. The molecular formula is C15H20FNO. The highest BCUT2D eigenvalue weighted by atomic mass is 19.1. The summed E-state index contributed by atoms with van der Waals surface area (Å²) >= 11 is 0. The normalized spacial score (nSPS) is 13.7. The molecule has 0 aromatic heterocycles. The van der Waals surface area contributed by atoms with E-state index in [0.717, 1.165) is 12.0 Å². The lowest BCUT2D eigenvalue weighted by Crippen LogP contribution is -2.30. The number of rotatable bonds is 6. The third kappa shape index (κ3) is 3.75. The van der Waals surface area contributed by atoms with Gasteiger partial charge in [0.25, 0.3) is 0 Å². The van der Waals surface area contributed by atoms with Gasteiger partial charge in [0.2, 0.25) is 0 Å². The van der Waals surface area contributed by atoms with E-state index in [2.05, 4.69) is 18.2 Å². The maximum absolute atomic E-state index is 13.6. The fraction of sp³-hybridized carbons (Fsp3) is 0.467. The highest BCUT2D eigenvalue weighted by Gasteiger charge is 2.13. The van der Waals surface area contributed by atoms with Crippen LogP contribution in [0.4, 0.5) is 4.39 Å². The topological polar surface area (TPSA) is 21.3 Å². The first-order valence-electron chi connectivity index (χ1n) is 6.15. The zero-order valence-corrected chi connectivity index (χ0v) is 11.2. The summed E-state index contributed by atoms with van der Waals surface area (Å²) in [7, 11) is 1.46. The molecule has 1 aromatic rings. The summed E-state index contributed by atoms with van der Waals surface area (Å²) in [6, 6.07) is 5.32. The van der Waals surface area contributed by atoms with Crippen molar-refractivity contribution in [3.05, 3.63) is 29.6 Å². The van der Waals surface area contributed by atoms with Crippen LogP contribution in [0.2, 0.25) is 0 Å². The summed E-state index contributed by atoms with van der Waals surface area (Å²) in [5.41, 5.74) is 0.892. The smallest absolute Gasteiger partial charge is 0.165 e. The van der Waals surface area contributed by atoms with Gasteiger partial charge < -0.3 is 10.1 Å². The molecule has 3 heteroatoms. The van der Waals surface area contributed by atoms with Gasteiger partial charge in [-0.1, -0.05) is 13.0 Å². The van der Waals surface area contributed by atoms with Gasteiger partial charge in [-0.15, -0.1) is 12.3 Å². The van der Waals surface area contributed by atoms with Gasteiger partial charge in [0, 0.05) is 18.5 Å². The Morgan fingerprint density at radius 3 is 2.72 bits per heavy atom. The Labute approximate surface area is 109 Å². The van der Waals surface area contributed by atoms with E-state index < -0.39 is 0 Å². The van der Waals surface area contributed by atoms with Crippen LogP contribution >= 0.6 is 0 Å². The minimum Gasteiger partial charge on any atom is -0.494 e. The van der Waals surface area contributed by atoms with Gasteiger partial charge in [0.1, 0.15) is 0 Å². The number of methoxy groups -OCH3 is 1. The number of terminal acetylenes is 1. The highest BCUT2D eigenvalue weighted by molar-refractivity contribution is 5.30. The Kier molecular flexibility index (Phi) is 5.67. The average molecular weight is 249 g/mol. The van der Waals surface area contributed by atoms with E-state index in [9.17, 15) is 4.39 Å². The van der Waals surface area contributed by atoms with E-state index in [0.29, 0.717) is 6.42 Å². The van der Waals surface area contributed by atoms with Crippen molar-refractivity contribution >= 4 is 0 Å². The van der Waals surface area contributed by atoms with Gasteiger partial charge in [0.05, 0.1) is 7.11 Å². The molecule has 0 heterocycles. The lowest BCUT2D eigenvalue weighted by molar-refractivity contribution is 0.384. The Morgan fingerprint density at radius 2 is 2.22 bits per heavy atom. The summed E-state index contributed by atoms with van der Waals surface area (Å²) in [6.45, 7) is 4.08. The quantitative estimate of drug-likeness (QED) is 0.781. The third-order valence-electron chi connectivity index (χ3n) is 3.02.